The van der Waals surface area contributed by atoms with Crippen molar-refractivity contribution in [3.63, 3.8) is 0 Å². The van der Waals surface area contributed by atoms with Gasteiger partial charge in [-0.2, -0.15) is 0 Å². The van der Waals surface area contributed by atoms with Crippen molar-refractivity contribution in [2.45, 2.75) is 46.9 Å². The number of nitrogens with zero attached hydrogens (tertiary/aromatic N) is 2. The van der Waals surface area contributed by atoms with Gasteiger partial charge in [-0.15, -0.1) is 23.5 Å². The van der Waals surface area contributed by atoms with Gasteiger partial charge in [-0.1, -0.05) is 24.3 Å². The van der Waals surface area contributed by atoms with Gasteiger partial charge < -0.3 is 20.0 Å². The summed E-state index contributed by atoms with van der Waals surface area (Å²) < 4.78 is 0. The van der Waals surface area contributed by atoms with Gasteiger partial charge in [0.05, 0.1) is 24.3 Å². The maximum Gasteiger partial charge on any atom is 0.261 e. The number of hydrogen-bond donors (Lipinski definition) is 2. The standard InChI is InChI=1S/C20H22N2O5S2/c1-28-19-8-10-4-3-5-13(24)15(10)21(19)18(27)20(29-2)9-11-12(23)6-7-14(25)16(11)22(20)17(19)26/h3-7,11,13-16,24-25H,8-9H2,1-2H3/t11-,13+,14+,15+,16+,19-,20-/m1/s1. The highest BCUT2D eigenvalue weighted by Crippen LogP contribution is 2.59. The molecule has 3 saturated heterocycles. The van der Waals surface area contributed by atoms with Crippen LogP contribution in [0.2, 0.25) is 0 Å². The second-order valence-corrected chi connectivity index (χ2v) is 10.3. The van der Waals surface area contributed by atoms with E-state index in [2.05, 4.69) is 0 Å². The topological polar surface area (TPSA) is 98.2 Å². The second-order valence-electron chi connectivity index (χ2n) is 8.12. The monoisotopic (exact) mass is 434 g/mol. The van der Waals surface area contributed by atoms with Crippen LogP contribution < -0.4 is 0 Å². The molecule has 2 aliphatic carbocycles. The van der Waals surface area contributed by atoms with Crippen LogP contribution in [-0.2, 0) is 14.4 Å². The van der Waals surface area contributed by atoms with Crippen LogP contribution in [0.25, 0.3) is 0 Å². The first-order valence-corrected chi connectivity index (χ1v) is 12.0. The van der Waals surface area contributed by atoms with E-state index in [1.807, 2.05) is 6.08 Å². The molecule has 0 bridgehead atoms. The minimum absolute atomic E-state index is 0.164. The molecule has 7 atom stereocenters. The van der Waals surface area contributed by atoms with Crippen molar-refractivity contribution in [2.24, 2.45) is 5.92 Å². The molecule has 3 aliphatic heterocycles. The number of rotatable bonds is 2. The van der Waals surface area contributed by atoms with E-state index < -0.39 is 40.0 Å². The number of carbonyl (C=O) groups is 3. The number of aliphatic hydroxyl groups is 2. The fourth-order valence-corrected chi connectivity index (χ4v) is 7.67. The van der Waals surface area contributed by atoms with Gasteiger partial charge in [-0.25, -0.2) is 0 Å². The van der Waals surface area contributed by atoms with Gasteiger partial charge in [0.25, 0.3) is 11.8 Å². The molecule has 29 heavy (non-hydrogen) atoms. The summed E-state index contributed by atoms with van der Waals surface area (Å²) in [6.07, 6.45) is 10.2. The maximum absolute atomic E-state index is 14.0. The van der Waals surface area contributed by atoms with Crippen LogP contribution in [0, 0.1) is 5.92 Å². The summed E-state index contributed by atoms with van der Waals surface area (Å²) in [6.45, 7) is 0. The van der Waals surface area contributed by atoms with Crippen molar-refractivity contribution in [1.29, 1.82) is 0 Å². The molecule has 0 aromatic rings. The molecule has 3 heterocycles. The summed E-state index contributed by atoms with van der Waals surface area (Å²) in [5.41, 5.74) is 0.852. The number of thioether (sulfide) groups is 2. The number of carbonyl (C=O) groups excluding carboxylic acids is 3. The van der Waals surface area contributed by atoms with Gasteiger partial charge in [0.1, 0.15) is 0 Å². The van der Waals surface area contributed by atoms with Crippen molar-refractivity contribution >= 4 is 41.1 Å². The quantitative estimate of drug-likeness (QED) is 0.645. The Balaban J connectivity index is 1.70. The average Bonchev–Trinajstić information content (AvgIpc) is 3.26. The van der Waals surface area contributed by atoms with E-state index in [0.717, 1.165) is 5.57 Å². The second kappa shape index (κ2) is 6.23. The summed E-state index contributed by atoms with van der Waals surface area (Å²) in [5.74, 6) is -1.31. The predicted octanol–water partition coefficient (Wildman–Crippen LogP) is 0.293. The summed E-state index contributed by atoms with van der Waals surface area (Å²) in [6, 6.07) is -1.33. The third-order valence-corrected chi connectivity index (χ3v) is 9.39. The lowest BCUT2D eigenvalue weighted by Crippen LogP contribution is -2.74. The Morgan fingerprint density at radius 2 is 1.69 bits per heavy atom. The Morgan fingerprint density at radius 3 is 2.38 bits per heavy atom. The molecule has 2 amide bonds. The lowest BCUT2D eigenvalue weighted by atomic mass is 9.86. The number of hydrogen-bond acceptors (Lipinski definition) is 7. The van der Waals surface area contributed by atoms with Gasteiger partial charge in [0.15, 0.2) is 15.5 Å². The highest BCUT2D eigenvalue weighted by atomic mass is 32.2. The Morgan fingerprint density at radius 1 is 1.00 bits per heavy atom. The largest absolute Gasteiger partial charge is 0.387 e. The summed E-state index contributed by atoms with van der Waals surface area (Å²) in [5, 5.41) is 21.3. The number of amides is 2. The smallest absolute Gasteiger partial charge is 0.261 e. The Kier molecular flexibility index (Phi) is 4.17. The zero-order valence-electron chi connectivity index (χ0n) is 16.0. The van der Waals surface area contributed by atoms with Gasteiger partial charge in [-0.05, 0) is 24.2 Å². The molecule has 0 unspecified atom stereocenters. The van der Waals surface area contributed by atoms with Crippen LogP contribution in [0.4, 0.5) is 0 Å². The summed E-state index contributed by atoms with van der Waals surface area (Å²) >= 11 is 2.52. The minimum atomic E-state index is -1.26. The fraction of sp³-hybridized carbons (Fsp3) is 0.550. The highest BCUT2D eigenvalue weighted by molar-refractivity contribution is 8.01. The van der Waals surface area contributed by atoms with Gasteiger partial charge in [0.2, 0.25) is 0 Å². The fourth-order valence-electron chi connectivity index (χ4n) is 5.68. The molecule has 3 fully saturated rings. The van der Waals surface area contributed by atoms with Crippen molar-refractivity contribution in [2.75, 3.05) is 12.5 Å². The van der Waals surface area contributed by atoms with E-state index in [1.165, 1.54) is 40.6 Å². The van der Waals surface area contributed by atoms with E-state index >= 15 is 0 Å². The predicted molar refractivity (Wildman–Crippen MR) is 110 cm³/mol. The third kappa shape index (κ3) is 2.17. The third-order valence-electron chi connectivity index (χ3n) is 6.98. The SMILES string of the molecule is CS[C@@]12C[C@@H]3C(=O)C=C[C@H](O)[C@H]3N1C(=O)[C@]1(SC)CC3=CC=C[C@H](O)[C@H]3N1C2=O. The first-order valence-electron chi connectivity index (χ1n) is 9.55. The maximum atomic E-state index is 14.0. The van der Waals surface area contributed by atoms with Crippen molar-refractivity contribution in [3.05, 3.63) is 36.0 Å². The Labute approximate surface area is 176 Å². The highest BCUT2D eigenvalue weighted by Gasteiger charge is 2.73. The molecule has 5 aliphatic rings. The molecule has 5 rings (SSSR count). The number of fused-ring (bicyclic) bond motifs is 6. The minimum Gasteiger partial charge on any atom is -0.387 e. The van der Waals surface area contributed by atoms with Crippen molar-refractivity contribution < 1.29 is 24.6 Å². The van der Waals surface area contributed by atoms with Gasteiger partial charge >= 0.3 is 0 Å². The molecule has 7 nitrogen and oxygen atoms in total. The van der Waals surface area contributed by atoms with Crippen LogP contribution >= 0.6 is 23.5 Å². The number of allylic oxidation sites excluding steroid dienone is 3. The Hall–Kier alpha value is -1.55. The number of ketones is 1. The molecular weight excluding hydrogens is 412 g/mol. The van der Waals surface area contributed by atoms with Gasteiger partial charge in [-0.3, -0.25) is 14.4 Å². The summed E-state index contributed by atoms with van der Waals surface area (Å²) in [4.78, 5) is 41.3. The van der Waals surface area contributed by atoms with Crippen LogP contribution in [0.1, 0.15) is 12.8 Å². The lowest BCUT2D eigenvalue weighted by Gasteiger charge is -2.54. The van der Waals surface area contributed by atoms with Crippen molar-refractivity contribution in [1.82, 2.24) is 9.80 Å². The molecule has 154 valence electrons. The number of aliphatic hydroxyl groups excluding tert-OH is 2. The summed E-state index contributed by atoms with van der Waals surface area (Å²) in [7, 11) is 0. The lowest BCUT2D eigenvalue weighted by molar-refractivity contribution is -0.168. The van der Waals surface area contributed by atoms with Crippen LogP contribution in [0.5, 0.6) is 0 Å². The molecule has 9 heteroatoms. The zero-order valence-corrected chi connectivity index (χ0v) is 17.7. The van der Waals surface area contributed by atoms with Crippen molar-refractivity contribution in [3.8, 4) is 0 Å². The molecule has 0 saturated carbocycles. The molecule has 0 aromatic carbocycles. The van der Waals surface area contributed by atoms with Crippen LogP contribution in [-0.4, -0.2) is 84.2 Å². The molecular formula is C20H22N2O5S2. The van der Waals surface area contributed by atoms with Gasteiger partial charge in [0, 0.05) is 18.8 Å². The average molecular weight is 435 g/mol. The van der Waals surface area contributed by atoms with Crippen LogP contribution in [0.3, 0.4) is 0 Å². The molecule has 0 spiro atoms. The molecule has 0 radical (unpaired) electrons. The first kappa shape index (κ1) is 19.4. The number of piperazine rings is 1. The van der Waals surface area contributed by atoms with E-state index in [0.29, 0.717) is 6.42 Å². The molecule has 0 aromatic heterocycles. The van der Waals surface area contributed by atoms with E-state index in [9.17, 15) is 24.6 Å². The molecule has 2 N–H and O–H groups in total. The van der Waals surface area contributed by atoms with Crippen LogP contribution in [0.15, 0.2) is 36.0 Å². The van der Waals surface area contributed by atoms with E-state index in [-0.39, 0.29) is 24.0 Å². The van der Waals surface area contributed by atoms with E-state index in [4.69, 9.17) is 0 Å². The Bertz CT molecular complexity index is 917. The normalized spacial score (nSPS) is 45.2. The zero-order chi connectivity index (χ0) is 20.7. The van der Waals surface area contributed by atoms with E-state index in [1.54, 1.807) is 29.6 Å². The first-order chi connectivity index (χ1) is 13.8.